The topological polar surface area (TPSA) is 66.0 Å². The fourth-order valence-corrected chi connectivity index (χ4v) is 11.1. The minimum absolute atomic E-state index is 0.340. The molecule has 5 heteroatoms. The first kappa shape index (κ1) is 26.0. The summed E-state index contributed by atoms with van der Waals surface area (Å²) < 4.78 is 0. The van der Waals surface area contributed by atoms with E-state index in [2.05, 4.69) is 33.0 Å². The summed E-state index contributed by atoms with van der Waals surface area (Å²) in [5, 5.41) is 3.19. The molecule has 0 amide bonds. The van der Waals surface area contributed by atoms with E-state index in [9.17, 15) is 0 Å². The summed E-state index contributed by atoms with van der Waals surface area (Å²) in [4.78, 5) is 12.1. The number of rotatable bonds is 6. The van der Waals surface area contributed by atoms with Crippen LogP contribution in [0.25, 0.3) is 0 Å². The van der Waals surface area contributed by atoms with Crippen molar-refractivity contribution in [2.45, 2.75) is 117 Å². The van der Waals surface area contributed by atoms with Crippen molar-refractivity contribution in [3.63, 3.8) is 0 Å². The van der Waals surface area contributed by atoms with Gasteiger partial charge in [0.1, 0.15) is 0 Å². The molecule has 6 aliphatic rings. The van der Waals surface area contributed by atoms with Crippen LogP contribution in [0.15, 0.2) is 9.98 Å². The van der Waals surface area contributed by atoms with Crippen molar-refractivity contribution in [2.24, 2.45) is 73.9 Å². The maximum atomic E-state index is 6.27. The van der Waals surface area contributed by atoms with Gasteiger partial charge in [-0.25, -0.2) is 9.98 Å². The Bertz CT molecular complexity index is 939. The lowest BCUT2D eigenvalue weighted by Gasteiger charge is -2.60. The first-order chi connectivity index (χ1) is 17.6. The molecule has 5 nitrogen and oxygen atoms in total. The smallest absolute Gasteiger partial charge is 0.202 e. The SMILES string of the molecule is CC(C)CCCC(C)CC1C2CCC3C4CCC5CC6(CC[C@]5(C)C4CC[C@@]321)N=C(N)NC(N(C)C)=N6. The third-order valence-electron chi connectivity index (χ3n) is 12.9. The zero-order chi connectivity index (χ0) is 26.2. The van der Waals surface area contributed by atoms with E-state index in [-0.39, 0.29) is 5.66 Å². The van der Waals surface area contributed by atoms with Gasteiger partial charge >= 0.3 is 0 Å². The maximum absolute atomic E-state index is 6.27. The normalized spacial score (nSPS) is 46.7. The zero-order valence-corrected chi connectivity index (χ0v) is 24.7. The van der Waals surface area contributed by atoms with Crippen LogP contribution in [0.1, 0.15) is 111 Å². The van der Waals surface area contributed by atoms with Crippen LogP contribution in [0.5, 0.6) is 0 Å². The lowest BCUT2D eigenvalue weighted by Crippen LogP contribution is -2.57. The molecule has 6 rings (SSSR count). The predicted molar refractivity (Wildman–Crippen MR) is 154 cm³/mol. The van der Waals surface area contributed by atoms with E-state index < -0.39 is 0 Å². The number of nitrogens with one attached hydrogen (secondary N) is 1. The minimum Gasteiger partial charge on any atom is -0.370 e. The lowest BCUT2D eigenvalue weighted by atomic mass is 9.45. The molecule has 0 saturated heterocycles. The highest BCUT2D eigenvalue weighted by Crippen LogP contribution is 2.80. The number of fused-ring (bicyclic) bond motifs is 4. The monoisotopic (exact) mass is 509 g/mol. The molecule has 2 spiro atoms. The second kappa shape index (κ2) is 9.15. The van der Waals surface area contributed by atoms with Crippen LogP contribution in [0.4, 0.5) is 0 Å². The fraction of sp³-hybridized carbons (Fsp3) is 0.938. The van der Waals surface area contributed by atoms with Crippen molar-refractivity contribution in [1.82, 2.24) is 10.2 Å². The molecule has 5 saturated carbocycles. The average Bonchev–Trinajstić information content (AvgIpc) is 3.21. The minimum atomic E-state index is -0.340. The Morgan fingerprint density at radius 3 is 2.49 bits per heavy atom. The summed E-state index contributed by atoms with van der Waals surface area (Å²) >= 11 is 0. The first-order valence-corrected chi connectivity index (χ1v) is 16.0. The third-order valence-corrected chi connectivity index (χ3v) is 12.9. The second-order valence-corrected chi connectivity index (χ2v) is 15.4. The number of nitrogens with zero attached hydrogens (tertiary/aromatic N) is 3. The molecular weight excluding hydrogens is 454 g/mol. The standard InChI is InChI=1S/C32H55N5/c1-20(2)8-7-9-21(3)18-27-26-13-12-25-23-11-10-22-19-31(35-28(33)34-29(36-31)37(5)6)17-16-30(22,4)24(23)14-15-32(25,26)27/h20-27H,7-19H2,1-6H3,(H3,33,34,35,36)/t21?,22?,23?,24?,25?,26?,27?,30-,31?,32+/m0/s1. The summed E-state index contributed by atoms with van der Waals surface area (Å²) in [6, 6.07) is 0. The highest BCUT2D eigenvalue weighted by Gasteiger charge is 2.74. The van der Waals surface area contributed by atoms with Gasteiger partial charge in [-0.3, -0.25) is 5.32 Å². The number of nitrogens with two attached hydrogens (primary N) is 1. The van der Waals surface area contributed by atoms with Crippen molar-refractivity contribution in [1.29, 1.82) is 0 Å². The molecule has 0 radical (unpaired) electrons. The Hall–Kier alpha value is -1.26. The fourth-order valence-electron chi connectivity index (χ4n) is 11.1. The van der Waals surface area contributed by atoms with Crippen LogP contribution in [0.3, 0.4) is 0 Å². The van der Waals surface area contributed by atoms with Gasteiger partial charge in [-0.15, -0.1) is 0 Å². The third kappa shape index (κ3) is 4.15. The number of hydrogen-bond acceptors (Lipinski definition) is 5. The van der Waals surface area contributed by atoms with Gasteiger partial charge in [0.15, 0.2) is 11.6 Å². The van der Waals surface area contributed by atoms with Crippen molar-refractivity contribution in [2.75, 3.05) is 14.1 Å². The van der Waals surface area contributed by atoms with Gasteiger partial charge in [-0.2, -0.15) is 0 Å². The molecule has 5 fully saturated rings. The van der Waals surface area contributed by atoms with E-state index in [1.165, 1.54) is 64.2 Å². The molecule has 3 N–H and O–H groups in total. The highest BCUT2D eigenvalue weighted by molar-refractivity contribution is 5.99. The maximum Gasteiger partial charge on any atom is 0.202 e. The number of hydrogen-bond donors (Lipinski definition) is 2. The largest absolute Gasteiger partial charge is 0.370 e. The van der Waals surface area contributed by atoms with E-state index in [0.717, 1.165) is 71.6 Å². The van der Waals surface area contributed by atoms with Crippen molar-refractivity contribution in [3.8, 4) is 0 Å². The number of guanidine groups is 2. The van der Waals surface area contributed by atoms with Crippen LogP contribution >= 0.6 is 0 Å². The molecule has 1 heterocycles. The highest BCUT2D eigenvalue weighted by atomic mass is 15.4. The van der Waals surface area contributed by atoms with E-state index in [4.69, 9.17) is 15.7 Å². The molecule has 0 aromatic heterocycles. The van der Waals surface area contributed by atoms with Crippen LogP contribution in [0, 0.1) is 58.2 Å². The predicted octanol–water partition coefficient (Wildman–Crippen LogP) is 6.64. The molecule has 37 heavy (non-hydrogen) atoms. The summed E-state index contributed by atoms with van der Waals surface area (Å²) in [5.41, 5.74) is 7.15. The zero-order valence-electron chi connectivity index (χ0n) is 24.7. The van der Waals surface area contributed by atoms with Crippen LogP contribution in [0.2, 0.25) is 0 Å². The molecule has 1 aliphatic heterocycles. The number of aliphatic imine (C=N–C) groups is 2. The summed E-state index contributed by atoms with van der Waals surface area (Å²) in [6.07, 6.45) is 18.2. The van der Waals surface area contributed by atoms with Crippen LogP contribution < -0.4 is 11.1 Å². The van der Waals surface area contributed by atoms with Crippen molar-refractivity contribution in [3.05, 3.63) is 0 Å². The Morgan fingerprint density at radius 1 is 0.946 bits per heavy atom. The summed E-state index contributed by atoms with van der Waals surface area (Å²) in [7, 11) is 4.08. The van der Waals surface area contributed by atoms with Gasteiger partial charge in [0.05, 0.1) is 0 Å². The summed E-state index contributed by atoms with van der Waals surface area (Å²) in [6.45, 7) is 10.00. The van der Waals surface area contributed by atoms with Crippen molar-refractivity contribution < 1.29 is 0 Å². The Kier molecular flexibility index (Phi) is 6.43. The Labute approximate surface area is 226 Å². The molecular formula is C32H55N5. The second-order valence-electron chi connectivity index (χ2n) is 15.4. The van der Waals surface area contributed by atoms with E-state index in [0.29, 0.717) is 11.4 Å². The lowest BCUT2D eigenvalue weighted by molar-refractivity contribution is -0.106. The Morgan fingerprint density at radius 2 is 1.73 bits per heavy atom. The van der Waals surface area contributed by atoms with Crippen molar-refractivity contribution >= 4 is 11.9 Å². The Balaban J connectivity index is 1.14. The van der Waals surface area contributed by atoms with Gasteiger partial charge in [0.25, 0.3) is 0 Å². The van der Waals surface area contributed by atoms with Crippen LogP contribution in [-0.4, -0.2) is 36.6 Å². The molecule has 0 aromatic carbocycles. The molecule has 208 valence electrons. The molecule has 10 atom stereocenters. The van der Waals surface area contributed by atoms with E-state index in [1.807, 2.05) is 19.0 Å². The molecule has 0 bridgehead atoms. The first-order valence-electron chi connectivity index (χ1n) is 16.0. The van der Waals surface area contributed by atoms with Gasteiger partial charge in [-0.05, 0) is 122 Å². The van der Waals surface area contributed by atoms with Gasteiger partial charge < -0.3 is 10.6 Å². The summed E-state index contributed by atoms with van der Waals surface area (Å²) in [5.74, 6) is 9.01. The van der Waals surface area contributed by atoms with Crippen LogP contribution in [-0.2, 0) is 0 Å². The average molecular weight is 510 g/mol. The van der Waals surface area contributed by atoms with Gasteiger partial charge in [0.2, 0.25) is 5.96 Å². The van der Waals surface area contributed by atoms with E-state index in [1.54, 1.807) is 6.42 Å². The van der Waals surface area contributed by atoms with Gasteiger partial charge in [-0.1, -0.05) is 47.0 Å². The van der Waals surface area contributed by atoms with Gasteiger partial charge in [0, 0.05) is 14.1 Å². The molecule has 5 aliphatic carbocycles. The van der Waals surface area contributed by atoms with E-state index >= 15 is 0 Å². The quantitative estimate of drug-likeness (QED) is 0.422. The molecule has 8 unspecified atom stereocenters. The molecule has 0 aromatic rings.